The zero-order valence-corrected chi connectivity index (χ0v) is 11.9. The fourth-order valence-electron chi connectivity index (χ4n) is 2.53. The Morgan fingerprint density at radius 2 is 2.06 bits per heavy atom. The first kappa shape index (κ1) is 13.6. The van der Waals surface area contributed by atoms with E-state index >= 15 is 0 Å². The van der Waals surface area contributed by atoms with E-state index in [1.165, 1.54) is 19.3 Å². The van der Waals surface area contributed by atoms with Crippen LogP contribution in [0.1, 0.15) is 43.7 Å². The van der Waals surface area contributed by atoms with Crippen LogP contribution >= 0.6 is 15.9 Å². The van der Waals surface area contributed by atoms with Gasteiger partial charge in [-0.1, -0.05) is 47.3 Å². The molecule has 1 aromatic carbocycles. The molecule has 1 unspecified atom stereocenters. The van der Waals surface area contributed by atoms with Crippen molar-refractivity contribution in [2.24, 2.45) is 5.73 Å². The van der Waals surface area contributed by atoms with Crippen molar-refractivity contribution < 1.29 is 4.79 Å². The summed E-state index contributed by atoms with van der Waals surface area (Å²) in [6.07, 6.45) is 6.05. The van der Waals surface area contributed by atoms with Crippen LogP contribution in [0.15, 0.2) is 28.7 Å². The maximum Gasteiger partial charge on any atom is 0.239 e. The predicted molar refractivity (Wildman–Crippen MR) is 76.1 cm³/mol. The predicted octanol–water partition coefficient (Wildman–Crippen LogP) is 2.90. The van der Waals surface area contributed by atoms with E-state index in [4.69, 9.17) is 5.73 Å². The summed E-state index contributed by atoms with van der Waals surface area (Å²) in [4.78, 5) is 11.6. The SMILES string of the molecule is NC(=O)C(NC1CCCCC1)c1cccc(Br)c1. The number of carbonyl (C=O) groups excluding carboxylic acids is 1. The molecule has 1 aromatic rings. The summed E-state index contributed by atoms with van der Waals surface area (Å²) in [5, 5.41) is 3.40. The van der Waals surface area contributed by atoms with Gasteiger partial charge in [-0.15, -0.1) is 0 Å². The van der Waals surface area contributed by atoms with Gasteiger partial charge in [-0.2, -0.15) is 0 Å². The normalized spacial score (nSPS) is 18.5. The van der Waals surface area contributed by atoms with Gasteiger partial charge in [-0.3, -0.25) is 10.1 Å². The van der Waals surface area contributed by atoms with E-state index < -0.39 is 0 Å². The fraction of sp³-hybridized carbons (Fsp3) is 0.500. The molecule has 3 N–H and O–H groups in total. The van der Waals surface area contributed by atoms with E-state index in [1.807, 2.05) is 24.3 Å². The van der Waals surface area contributed by atoms with Crippen LogP contribution in [-0.4, -0.2) is 11.9 Å². The molecular weight excluding hydrogens is 292 g/mol. The molecule has 18 heavy (non-hydrogen) atoms. The highest BCUT2D eigenvalue weighted by Crippen LogP contribution is 2.23. The van der Waals surface area contributed by atoms with Crippen molar-refractivity contribution in [2.45, 2.75) is 44.2 Å². The molecule has 1 amide bonds. The van der Waals surface area contributed by atoms with Crippen molar-refractivity contribution in [1.82, 2.24) is 5.32 Å². The largest absolute Gasteiger partial charge is 0.368 e. The van der Waals surface area contributed by atoms with Crippen LogP contribution in [0.25, 0.3) is 0 Å². The molecule has 1 fully saturated rings. The first-order valence-electron chi connectivity index (χ1n) is 6.47. The van der Waals surface area contributed by atoms with Crippen molar-refractivity contribution in [3.05, 3.63) is 34.3 Å². The van der Waals surface area contributed by atoms with Crippen LogP contribution in [0, 0.1) is 0 Å². The number of hydrogen-bond acceptors (Lipinski definition) is 2. The Hall–Kier alpha value is -0.870. The van der Waals surface area contributed by atoms with Gasteiger partial charge in [0.25, 0.3) is 0 Å². The molecular formula is C14H19BrN2O. The Labute approximate surface area is 116 Å². The Kier molecular flexibility index (Phi) is 4.78. The second-order valence-electron chi connectivity index (χ2n) is 4.89. The van der Waals surface area contributed by atoms with Gasteiger partial charge in [0, 0.05) is 10.5 Å². The highest BCUT2D eigenvalue weighted by molar-refractivity contribution is 9.10. The zero-order valence-electron chi connectivity index (χ0n) is 10.4. The van der Waals surface area contributed by atoms with Crippen molar-refractivity contribution in [2.75, 3.05) is 0 Å². The van der Waals surface area contributed by atoms with E-state index in [1.54, 1.807) is 0 Å². The lowest BCUT2D eigenvalue weighted by Crippen LogP contribution is -2.40. The number of halogens is 1. The lowest BCUT2D eigenvalue weighted by atomic mass is 9.94. The van der Waals surface area contributed by atoms with E-state index in [0.29, 0.717) is 6.04 Å². The van der Waals surface area contributed by atoms with Crippen LogP contribution in [-0.2, 0) is 4.79 Å². The van der Waals surface area contributed by atoms with E-state index in [2.05, 4.69) is 21.2 Å². The van der Waals surface area contributed by atoms with Gasteiger partial charge < -0.3 is 5.73 Å². The number of carbonyl (C=O) groups is 1. The molecule has 0 aromatic heterocycles. The summed E-state index contributed by atoms with van der Waals surface area (Å²) >= 11 is 3.42. The van der Waals surface area contributed by atoms with Crippen LogP contribution in [0.5, 0.6) is 0 Å². The molecule has 3 nitrogen and oxygen atoms in total. The molecule has 1 aliphatic carbocycles. The van der Waals surface area contributed by atoms with Crippen LogP contribution < -0.4 is 11.1 Å². The number of nitrogens with one attached hydrogen (secondary N) is 1. The van der Waals surface area contributed by atoms with Gasteiger partial charge in [0.1, 0.15) is 6.04 Å². The topological polar surface area (TPSA) is 55.1 Å². The standard InChI is InChI=1S/C14H19BrN2O/c15-11-6-4-5-10(9-11)13(14(16)18)17-12-7-2-1-3-8-12/h4-6,9,12-13,17H,1-3,7-8H2,(H2,16,18). The quantitative estimate of drug-likeness (QED) is 0.898. The van der Waals surface area contributed by atoms with E-state index in [0.717, 1.165) is 22.9 Å². The van der Waals surface area contributed by atoms with E-state index in [-0.39, 0.29) is 11.9 Å². The average molecular weight is 311 g/mol. The minimum atomic E-state index is -0.384. The van der Waals surface area contributed by atoms with Crippen molar-refractivity contribution in [1.29, 1.82) is 0 Å². The molecule has 1 saturated carbocycles. The minimum Gasteiger partial charge on any atom is -0.368 e. The molecule has 98 valence electrons. The Balaban J connectivity index is 2.10. The smallest absolute Gasteiger partial charge is 0.239 e. The minimum absolute atomic E-state index is 0.307. The van der Waals surface area contributed by atoms with Crippen LogP contribution in [0.2, 0.25) is 0 Å². The van der Waals surface area contributed by atoms with E-state index in [9.17, 15) is 4.79 Å². The zero-order chi connectivity index (χ0) is 13.0. The fourth-order valence-corrected chi connectivity index (χ4v) is 2.95. The van der Waals surface area contributed by atoms with Crippen LogP contribution in [0.4, 0.5) is 0 Å². The third-order valence-corrected chi connectivity index (χ3v) is 3.97. The molecule has 1 atom stereocenters. The van der Waals surface area contributed by atoms with Gasteiger partial charge in [0.15, 0.2) is 0 Å². The summed E-state index contributed by atoms with van der Waals surface area (Å²) in [5.41, 5.74) is 6.45. The number of nitrogens with two attached hydrogens (primary N) is 1. The summed E-state index contributed by atoms with van der Waals surface area (Å²) in [5.74, 6) is -0.307. The third kappa shape index (κ3) is 3.56. The Morgan fingerprint density at radius 1 is 1.33 bits per heavy atom. The molecule has 0 bridgehead atoms. The van der Waals surface area contributed by atoms with Crippen molar-refractivity contribution >= 4 is 21.8 Å². The molecule has 0 aliphatic heterocycles. The molecule has 4 heteroatoms. The van der Waals surface area contributed by atoms with Crippen molar-refractivity contribution in [3.8, 4) is 0 Å². The number of benzene rings is 1. The van der Waals surface area contributed by atoms with Gasteiger partial charge in [-0.05, 0) is 30.5 Å². The van der Waals surface area contributed by atoms with Crippen molar-refractivity contribution in [3.63, 3.8) is 0 Å². The molecule has 1 aliphatic rings. The van der Waals surface area contributed by atoms with Gasteiger partial charge in [-0.25, -0.2) is 0 Å². The molecule has 0 heterocycles. The lowest BCUT2D eigenvalue weighted by molar-refractivity contribution is -0.120. The first-order valence-corrected chi connectivity index (χ1v) is 7.27. The Morgan fingerprint density at radius 3 is 2.67 bits per heavy atom. The summed E-state index contributed by atoms with van der Waals surface area (Å²) < 4.78 is 0.969. The molecule has 2 rings (SSSR count). The lowest BCUT2D eigenvalue weighted by Gasteiger charge is -2.27. The van der Waals surface area contributed by atoms with Gasteiger partial charge in [0.05, 0.1) is 0 Å². The summed E-state index contributed by atoms with van der Waals surface area (Å²) in [6.45, 7) is 0. The van der Waals surface area contributed by atoms with Crippen LogP contribution in [0.3, 0.4) is 0 Å². The number of rotatable bonds is 4. The number of primary amides is 1. The van der Waals surface area contributed by atoms with Gasteiger partial charge >= 0.3 is 0 Å². The highest BCUT2D eigenvalue weighted by Gasteiger charge is 2.23. The number of amides is 1. The maximum atomic E-state index is 11.6. The highest BCUT2D eigenvalue weighted by atomic mass is 79.9. The molecule has 0 saturated heterocycles. The number of hydrogen-bond donors (Lipinski definition) is 2. The molecule has 0 spiro atoms. The summed E-state index contributed by atoms with van der Waals surface area (Å²) in [6, 6.07) is 7.79. The summed E-state index contributed by atoms with van der Waals surface area (Å²) in [7, 11) is 0. The first-order chi connectivity index (χ1) is 8.66. The monoisotopic (exact) mass is 310 g/mol. The maximum absolute atomic E-state index is 11.6. The Bertz CT molecular complexity index is 416. The molecule has 0 radical (unpaired) electrons. The average Bonchev–Trinajstić information content (AvgIpc) is 2.37. The second kappa shape index (κ2) is 6.34. The second-order valence-corrected chi connectivity index (χ2v) is 5.81. The van der Waals surface area contributed by atoms with Gasteiger partial charge in [0.2, 0.25) is 5.91 Å². The third-order valence-electron chi connectivity index (χ3n) is 3.47.